The summed E-state index contributed by atoms with van der Waals surface area (Å²) in [5.41, 5.74) is 2.20. The molecule has 3 nitrogen and oxygen atoms in total. The Bertz CT molecular complexity index is 758. The smallest absolute Gasteiger partial charge is 0.220 e. The summed E-state index contributed by atoms with van der Waals surface area (Å²) in [5.74, 6) is 2.39. The molecule has 31 heavy (non-hydrogen) atoms. The van der Waals surface area contributed by atoms with Gasteiger partial charge in [-0.1, -0.05) is 36.8 Å². The standard InChI is InChI=1S/C27H39ClN2O/c28-14-13-26-11-4-12-27(20-26,23-5-2-1-3-6-23)18-21(17-26)7-8-25(31)29-24-19-30-15-9-22(24)10-16-30/h1-3,5-6,21-22,24H,4,7-20H2,(H,29,31)/t21?,24-,26+,27-/m0/s1. The highest BCUT2D eigenvalue weighted by Crippen LogP contribution is 2.60. The molecule has 170 valence electrons. The summed E-state index contributed by atoms with van der Waals surface area (Å²) in [6.07, 6.45) is 13.1. The van der Waals surface area contributed by atoms with Gasteiger partial charge in [0, 0.05) is 24.9 Å². The monoisotopic (exact) mass is 442 g/mol. The maximum absolute atomic E-state index is 12.9. The van der Waals surface area contributed by atoms with Crippen LogP contribution in [0.1, 0.15) is 76.2 Å². The molecule has 4 atom stereocenters. The molecule has 5 fully saturated rings. The average Bonchev–Trinajstić information content (AvgIpc) is 2.79. The van der Waals surface area contributed by atoms with Crippen molar-refractivity contribution < 1.29 is 4.79 Å². The Morgan fingerprint density at radius 1 is 1.13 bits per heavy atom. The zero-order chi connectivity index (χ0) is 21.3. The Labute approximate surface area is 193 Å². The molecule has 2 aliphatic carbocycles. The second-order valence-electron chi connectivity index (χ2n) is 11.2. The Morgan fingerprint density at radius 2 is 1.94 bits per heavy atom. The lowest BCUT2D eigenvalue weighted by molar-refractivity contribution is -0.123. The number of piperidine rings is 3. The first-order valence-electron chi connectivity index (χ1n) is 12.7. The third-order valence-corrected chi connectivity index (χ3v) is 9.46. The summed E-state index contributed by atoms with van der Waals surface area (Å²) in [5, 5.41) is 3.41. The number of hydrogen-bond acceptors (Lipinski definition) is 2. The minimum atomic E-state index is 0.287. The van der Waals surface area contributed by atoms with Crippen LogP contribution in [0.25, 0.3) is 0 Å². The number of fused-ring (bicyclic) bond motifs is 5. The Hall–Kier alpha value is -1.06. The van der Waals surface area contributed by atoms with Crippen molar-refractivity contribution in [3.8, 4) is 0 Å². The summed E-state index contributed by atoms with van der Waals surface area (Å²) >= 11 is 6.31. The van der Waals surface area contributed by atoms with Crippen LogP contribution in [-0.2, 0) is 10.2 Å². The maximum atomic E-state index is 12.9. The fourth-order valence-corrected chi connectivity index (χ4v) is 8.30. The quantitative estimate of drug-likeness (QED) is 0.564. The zero-order valence-electron chi connectivity index (χ0n) is 19.0. The minimum absolute atomic E-state index is 0.287. The Balaban J connectivity index is 1.25. The molecule has 1 unspecified atom stereocenters. The number of carbonyl (C=O) groups is 1. The number of nitrogens with zero attached hydrogens (tertiary/aromatic N) is 1. The number of nitrogens with one attached hydrogen (secondary N) is 1. The van der Waals surface area contributed by atoms with E-state index in [9.17, 15) is 4.79 Å². The molecule has 5 aliphatic rings. The van der Waals surface area contributed by atoms with Gasteiger partial charge in [0.15, 0.2) is 0 Å². The van der Waals surface area contributed by atoms with Crippen molar-refractivity contribution in [3.05, 3.63) is 35.9 Å². The molecule has 4 heteroatoms. The van der Waals surface area contributed by atoms with Crippen molar-refractivity contribution in [1.29, 1.82) is 0 Å². The van der Waals surface area contributed by atoms with Crippen LogP contribution in [0.2, 0.25) is 0 Å². The lowest BCUT2D eigenvalue weighted by Gasteiger charge is -2.55. The Kier molecular flexibility index (Phi) is 6.36. The van der Waals surface area contributed by atoms with E-state index in [1.54, 1.807) is 0 Å². The van der Waals surface area contributed by atoms with Gasteiger partial charge in [-0.3, -0.25) is 4.79 Å². The van der Waals surface area contributed by atoms with Crippen LogP contribution in [0, 0.1) is 17.3 Å². The highest BCUT2D eigenvalue weighted by atomic mass is 35.5. The molecule has 3 saturated heterocycles. The predicted molar refractivity (Wildman–Crippen MR) is 127 cm³/mol. The van der Waals surface area contributed by atoms with Crippen LogP contribution in [-0.4, -0.2) is 42.4 Å². The second kappa shape index (κ2) is 9.06. The summed E-state index contributed by atoms with van der Waals surface area (Å²) in [6, 6.07) is 11.6. The number of hydrogen-bond donors (Lipinski definition) is 1. The average molecular weight is 443 g/mol. The number of halogens is 1. The number of carbonyl (C=O) groups excluding carboxylic acids is 1. The topological polar surface area (TPSA) is 32.3 Å². The van der Waals surface area contributed by atoms with Crippen molar-refractivity contribution >= 4 is 17.5 Å². The molecule has 1 amide bonds. The third kappa shape index (κ3) is 4.55. The first-order valence-corrected chi connectivity index (χ1v) is 13.3. The van der Waals surface area contributed by atoms with Gasteiger partial charge < -0.3 is 10.2 Å². The molecule has 1 N–H and O–H groups in total. The predicted octanol–water partition coefficient (Wildman–Crippen LogP) is 5.51. The molecule has 0 aromatic heterocycles. The Morgan fingerprint density at radius 3 is 2.65 bits per heavy atom. The van der Waals surface area contributed by atoms with Gasteiger partial charge >= 0.3 is 0 Å². The van der Waals surface area contributed by atoms with Crippen molar-refractivity contribution in [2.75, 3.05) is 25.5 Å². The van der Waals surface area contributed by atoms with E-state index in [1.165, 1.54) is 70.0 Å². The normalized spacial score (nSPS) is 39.3. The van der Waals surface area contributed by atoms with Gasteiger partial charge in [0.2, 0.25) is 5.91 Å². The molecule has 1 aromatic rings. The van der Waals surface area contributed by atoms with Crippen molar-refractivity contribution in [3.63, 3.8) is 0 Å². The summed E-state index contributed by atoms with van der Waals surface area (Å²) < 4.78 is 0. The first-order chi connectivity index (χ1) is 15.1. The number of rotatable bonds is 7. The highest BCUT2D eigenvalue weighted by molar-refractivity contribution is 6.17. The van der Waals surface area contributed by atoms with E-state index in [2.05, 4.69) is 40.5 Å². The number of benzene rings is 1. The third-order valence-electron chi connectivity index (χ3n) is 9.27. The van der Waals surface area contributed by atoms with E-state index < -0.39 is 0 Å². The van der Waals surface area contributed by atoms with Crippen LogP contribution in [0.3, 0.4) is 0 Å². The SMILES string of the molecule is O=C(CCC1C[C@]2(CCCl)CCC[C@](c3ccccc3)(C1)C2)N[C@H]1CN2CCC1CC2. The highest BCUT2D eigenvalue weighted by Gasteiger charge is 2.51. The van der Waals surface area contributed by atoms with Crippen LogP contribution in [0.5, 0.6) is 0 Å². The van der Waals surface area contributed by atoms with Crippen LogP contribution in [0.4, 0.5) is 0 Å². The molecule has 0 spiro atoms. The lowest BCUT2D eigenvalue weighted by Crippen LogP contribution is -2.57. The summed E-state index contributed by atoms with van der Waals surface area (Å²) in [7, 11) is 0. The number of amides is 1. The first kappa shape index (κ1) is 21.8. The van der Waals surface area contributed by atoms with Gasteiger partial charge in [-0.2, -0.15) is 0 Å². The molecule has 6 rings (SSSR count). The lowest BCUT2D eigenvalue weighted by atomic mass is 9.49. The van der Waals surface area contributed by atoms with Crippen LogP contribution < -0.4 is 5.32 Å². The molecule has 3 aliphatic heterocycles. The van der Waals surface area contributed by atoms with Gasteiger partial charge in [-0.15, -0.1) is 11.6 Å². The van der Waals surface area contributed by atoms with Gasteiger partial charge in [0.1, 0.15) is 0 Å². The van der Waals surface area contributed by atoms with E-state index in [0.29, 0.717) is 35.1 Å². The largest absolute Gasteiger partial charge is 0.352 e. The number of alkyl halides is 1. The van der Waals surface area contributed by atoms with Gasteiger partial charge in [0.25, 0.3) is 0 Å². The summed E-state index contributed by atoms with van der Waals surface area (Å²) in [4.78, 5) is 15.4. The molecular weight excluding hydrogens is 404 g/mol. The fraction of sp³-hybridized carbons (Fsp3) is 0.741. The van der Waals surface area contributed by atoms with Crippen molar-refractivity contribution in [2.45, 2.75) is 82.1 Å². The van der Waals surface area contributed by atoms with Gasteiger partial charge in [0.05, 0.1) is 0 Å². The van der Waals surface area contributed by atoms with Crippen molar-refractivity contribution in [2.24, 2.45) is 17.3 Å². The van der Waals surface area contributed by atoms with Gasteiger partial charge in [-0.25, -0.2) is 0 Å². The van der Waals surface area contributed by atoms with E-state index in [4.69, 9.17) is 11.6 Å². The van der Waals surface area contributed by atoms with E-state index >= 15 is 0 Å². The molecule has 1 aromatic carbocycles. The molecule has 2 saturated carbocycles. The molecule has 0 radical (unpaired) electrons. The van der Waals surface area contributed by atoms with Crippen LogP contribution >= 0.6 is 11.6 Å². The minimum Gasteiger partial charge on any atom is -0.352 e. The van der Waals surface area contributed by atoms with E-state index in [1.807, 2.05) is 0 Å². The summed E-state index contributed by atoms with van der Waals surface area (Å²) in [6.45, 7) is 3.52. The molecular formula is C27H39ClN2O. The molecule has 3 heterocycles. The van der Waals surface area contributed by atoms with Crippen LogP contribution in [0.15, 0.2) is 30.3 Å². The van der Waals surface area contributed by atoms with Gasteiger partial charge in [-0.05, 0) is 99.1 Å². The van der Waals surface area contributed by atoms with E-state index in [-0.39, 0.29) is 5.91 Å². The van der Waals surface area contributed by atoms with Crippen molar-refractivity contribution in [1.82, 2.24) is 10.2 Å². The van der Waals surface area contributed by atoms with E-state index in [0.717, 1.165) is 25.3 Å². The fourth-order valence-electron chi connectivity index (χ4n) is 7.90. The maximum Gasteiger partial charge on any atom is 0.220 e. The molecule has 4 bridgehead atoms. The second-order valence-corrected chi connectivity index (χ2v) is 11.6. The zero-order valence-corrected chi connectivity index (χ0v) is 19.7.